The fourth-order valence-electron chi connectivity index (χ4n) is 3.48. The summed E-state index contributed by atoms with van der Waals surface area (Å²) in [5.74, 6) is 2.66. The summed E-state index contributed by atoms with van der Waals surface area (Å²) < 4.78 is 10.6. The van der Waals surface area contributed by atoms with Crippen LogP contribution in [0, 0.1) is 11.8 Å². The Kier molecular flexibility index (Phi) is 5.51. The van der Waals surface area contributed by atoms with Crippen LogP contribution in [0.1, 0.15) is 19.3 Å². The molecule has 2 fully saturated rings. The van der Waals surface area contributed by atoms with Gasteiger partial charge in [-0.15, -0.1) is 0 Å². The predicted molar refractivity (Wildman–Crippen MR) is 89.7 cm³/mol. The number of carbonyl (C=O) groups is 1. The summed E-state index contributed by atoms with van der Waals surface area (Å²) in [6.45, 7) is 4.52. The minimum Gasteiger partial charge on any atom is -0.494 e. The van der Waals surface area contributed by atoms with E-state index in [9.17, 15) is 4.79 Å². The van der Waals surface area contributed by atoms with Crippen molar-refractivity contribution in [2.75, 3.05) is 45.3 Å². The van der Waals surface area contributed by atoms with Crippen molar-refractivity contribution in [3.05, 3.63) is 24.3 Å². The number of nitrogens with one attached hydrogen (secondary N) is 1. The summed E-state index contributed by atoms with van der Waals surface area (Å²) in [6.07, 6.45) is 3.93. The Morgan fingerprint density at radius 2 is 1.91 bits per heavy atom. The zero-order valence-electron chi connectivity index (χ0n) is 13.8. The molecule has 1 aliphatic heterocycles. The van der Waals surface area contributed by atoms with Crippen molar-refractivity contribution in [2.45, 2.75) is 19.3 Å². The molecule has 1 N–H and O–H groups in total. The van der Waals surface area contributed by atoms with Gasteiger partial charge in [-0.25, -0.2) is 0 Å². The number of fused-ring (bicyclic) bond motifs is 1. The fourth-order valence-corrected chi connectivity index (χ4v) is 3.48. The van der Waals surface area contributed by atoms with Crippen LogP contribution in [0.3, 0.4) is 0 Å². The highest BCUT2D eigenvalue weighted by atomic mass is 16.5. The van der Waals surface area contributed by atoms with Gasteiger partial charge in [-0.3, -0.25) is 4.79 Å². The van der Waals surface area contributed by atoms with Gasteiger partial charge in [-0.1, -0.05) is 0 Å². The smallest absolute Gasteiger partial charge is 0.250 e. The third-order valence-corrected chi connectivity index (χ3v) is 4.86. The lowest BCUT2D eigenvalue weighted by Gasteiger charge is -2.28. The molecule has 1 aromatic carbocycles. The number of anilines is 1. The standard InChI is InChI=1S/C18H26N2O3/c1-22-13-18(21)19-16-5-7-17(8-6-16)23-10-2-9-20-11-14-3-4-15(14)12-20/h5-8,14-15H,2-4,9-13H2,1H3,(H,19,21)/t14-,15+. The van der Waals surface area contributed by atoms with Crippen molar-refractivity contribution >= 4 is 11.6 Å². The van der Waals surface area contributed by atoms with E-state index in [0.717, 1.165) is 42.8 Å². The third kappa shape index (κ3) is 4.45. The first kappa shape index (κ1) is 16.3. The molecule has 1 aliphatic carbocycles. The van der Waals surface area contributed by atoms with Crippen molar-refractivity contribution in [1.82, 2.24) is 4.90 Å². The van der Waals surface area contributed by atoms with Crippen LogP contribution in [0.5, 0.6) is 5.75 Å². The summed E-state index contributed by atoms with van der Waals surface area (Å²) in [7, 11) is 1.50. The lowest BCUT2D eigenvalue weighted by atomic mass is 9.77. The number of likely N-dealkylation sites (tertiary alicyclic amines) is 1. The second-order valence-corrected chi connectivity index (χ2v) is 6.56. The predicted octanol–water partition coefficient (Wildman–Crippen LogP) is 2.38. The minimum atomic E-state index is -0.152. The number of nitrogens with zero attached hydrogens (tertiary/aromatic N) is 1. The molecule has 1 amide bonds. The maximum atomic E-state index is 11.4. The van der Waals surface area contributed by atoms with Crippen molar-refractivity contribution < 1.29 is 14.3 Å². The van der Waals surface area contributed by atoms with Crippen LogP contribution in [0.15, 0.2) is 24.3 Å². The molecule has 126 valence electrons. The first-order chi connectivity index (χ1) is 11.2. The van der Waals surface area contributed by atoms with Crippen molar-refractivity contribution in [1.29, 1.82) is 0 Å². The number of hydrogen-bond acceptors (Lipinski definition) is 4. The lowest BCUT2D eigenvalue weighted by molar-refractivity contribution is -0.119. The normalized spacial score (nSPS) is 23.2. The summed E-state index contributed by atoms with van der Waals surface area (Å²) in [5.41, 5.74) is 0.756. The van der Waals surface area contributed by atoms with Gasteiger partial charge in [0.2, 0.25) is 5.91 Å². The van der Waals surface area contributed by atoms with Crippen molar-refractivity contribution in [3.63, 3.8) is 0 Å². The summed E-state index contributed by atoms with van der Waals surface area (Å²) in [5, 5.41) is 2.76. The molecule has 1 saturated carbocycles. The van der Waals surface area contributed by atoms with Crippen LogP contribution in [0.25, 0.3) is 0 Å². The van der Waals surface area contributed by atoms with Crippen LogP contribution in [-0.2, 0) is 9.53 Å². The van der Waals surface area contributed by atoms with E-state index in [1.54, 1.807) is 0 Å². The van der Waals surface area contributed by atoms with E-state index in [4.69, 9.17) is 9.47 Å². The van der Waals surface area contributed by atoms with E-state index in [1.807, 2.05) is 24.3 Å². The van der Waals surface area contributed by atoms with Gasteiger partial charge in [-0.2, -0.15) is 0 Å². The van der Waals surface area contributed by atoms with E-state index >= 15 is 0 Å². The zero-order chi connectivity index (χ0) is 16.1. The van der Waals surface area contributed by atoms with Gasteiger partial charge in [0.1, 0.15) is 12.4 Å². The maximum Gasteiger partial charge on any atom is 0.250 e. The molecule has 2 aliphatic rings. The van der Waals surface area contributed by atoms with Gasteiger partial charge < -0.3 is 19.7 Å². The van der Waals surface area contributed by atoms with Gasteiger partial charge >= 0.3 is 0 Å². The average molecular weight is 318 g/mol. The monoisotopic (exact) mass is 318 g/mol. The Morgan fingerprint density at radius 3 is 2.52 bits per heavy atom. The van der Waals surface area contributed by atoms with Crippen LogP contribution in [-0.4, -0.2) is 50.8 Å². The molecule has 5 nitrogen and oxygen atoms in total. The number of methoxy groups -OCH3 is 1. The quantitative estimate of drug-likeness (QED) is 0.748. The Morgan fingerprint density at radius 1 is 1.22 bits per heavy atom. The third-order valence-electron chi connectivity index (χ3n) is 4.86. The molecular weight excluding hydrogens is 292 g/mol. The van der Waals surface area contributed by atoms with E-state index < -0.39 is 0 Å². The van der Waals surface area contributed by atoms with Gasteiger partial charge in [0.15, 0.2) is 0 Å². The number of hydrogen-bond donors (Lipinski definition) is 1. The highest BCUT2D eigenvalue weighted by Crippen LogP contribution is 2.40. The molecule has 1 aromatic rings. The summed E-state index contributed by atoms with van der Waals surface area (Å²) >= 11 is 0. The van der Waals surface area contributed by atoms with Crippen LogP contribution in [0.4, 0.5) is 5.69 Å². The highest BCUT2D eigenvalue weighted by molar-refractivity contribution is 5.91. The largest absolute Gasteiger partial charge is 0.494 e. The van der Waals surface area contributed by atoms with Crippen molar-refractivity contribution in [2.24, 2.45) is 11.8 Å². The molecule has 2 atom stereocenters. The van der Waals surface area contributed by atoms with Crippen LogP contribution in [0.2, 0.25) is 0 Å². The molecule has 3 rings (SSSR count). The second-order valence-electron chi connectivity index (χ2n) is 6.56. The van der Waals surface area contributed by atoms with E-state index in [-0.39, 0.29) is 12.5 Å². The lowest BCUT2D eigenvalue weighted by Crippen LogP contribution is -2.23. The fraction of sp³-hybridized carbons (Fsp3) is 0.611. The van der Waals surface area contributed by atoms with Gasteiger partial charge in [0, 0.05) is 32.4 Å². The number of ether oxygens (including phenoxy) is 2. The number of benzene rings is 1. The highest BCUT2D eigenvalue weighted by Gasteiger charge is 2.38. The van der Waals surface area contributed by atoms with Gasteiger partial charge in [0.05, 0.1) is 6.61 Å². The molecular formula is C18H26N2O3. The molecule has 0 radical (unpaired) electrons. The van der Waals surface area contributed by atoms with Crippen LogP contribution < -0.4 is 10.1 Å². The van der Waals surface area contributed by atoms with Gasteiger partial charge in [-0.05, 0) is 55.4 Å². The molecule has 1 heterocycles. The first-order valence-electron chi connectivity index (χ1n) is 8.48. The second kappa shape index (κ2) is 7.79. The summed E-state index contributed by atoms with van der Waals surface area (Å²) in [6, 6.07) is 7.47. The number of rotatable bonds is 8. The maximum absolute atomic E-state index is 11.4. The Balaban J connectivity index is 1.33. The molecule has 0 unspecified atom stereocenters. The molecule has 1 saturated heterocycles. The van der Waals surface area contributed by atoms with Crippen LogP contribution >= 0.6 is 0 Å². The number of carbonyl (C=O) groups excluding carboxylic acids is 1. The topological polar surface area (TPSA) is 50.8 Å². The van der Waals surface area contributed by atoms with E-state index in [0.29, 0.717) is 0 Å². The summed E-state index contributed by atoms with van der Waals surface area (Å²) in [4.78, 5) is 14.0. The molecule has 0 bridgehead atoms. The van der Waals surface area contributed by atoms with E-state index in [2.05, 4.69) is 10.2 Å². The Hall–Kier alpha value is -1.59. The minimum absolute atomic E-state index is 0.0659. The average Bonchev–Trinajstić information content (AvgIpc) is 2.81. The Bertz CT molecular complexity index is 506. The molecule has 23 heavy (non-hydrogen) atoms. The molecule has 5 heteroatoms. The van der Waals surface area contributed by atoms with Crippen molar-refractivity contribution in [3.8, 4) is 5.75 Å². The molecule has 0 spiro atoms. The van der Waals surface area contributed by atoms with E-state index in [1.165, 1.54) is 33.0 Å². The first-order valence-corrected chi connectivity index (χ1v) is 8.48. The van der Waals surface area contributed by atoms with Gasteiger partial charge in [0.25, 0.3) is 0 Å². The Labute approximate surface area is 137 Å². The molecule has 0 aromatic heterocycles. The zero-order valence-corrected chi connectivity index (χ0v) is 13.8. The SMILES string of the molecule is COCC(=O)Nc1ccc(OCCCN2C[C@H]3CC[C@H]3C2)cc1. The number of amides is 1.